The van der Waals surface area contributed by atoms with Gasteiger partial charge in [-0.1, -0.05) is 12.1 Å². The van der Waals surface area contributed by atoms with Crippen LogP contribution >= 0.6 is 0 Å². The predicted molar refractivity (Wildman–Crippen MR) is 76.4 cm³/mol. The molecule has 1 aromatic carbocycles. The van der Waals surface area contributed by atoms with E-state index in [0.717, 1.165) is 6.07 Å². The van der Waals surface area contributed by atoms with Gasteiger partial charge in [-0.05, 0) is 31.2 Å². The maximum absolute atomic E-state index is 12.7. The van der Waals surface area contributed by atoms with Crippen molar-refractivity contribution in [2.75, 3.05) is 11.9 Å². The van der Waals surface area contributed by atoms with E-state index >= 15 is 0 Å². The van der Waals surface area contributed by atoms with Gasteiger partial charge < -0.3 is 14.8 Å². The number of halogens is 2. The minimum atomic E-state index is -4.73. The average Bonchev–Trinajstić information content (AvgIpc) is 3.00. The lowest BCUT2D eigenvalue weighted by Gasteiger charge is -2.22. The highest BCUT2D eigenvalue weighted by Crippen LogP contribution is 2.28. The molecule has 1 heterocycles. The molecule has 0 aliphatic heterocycles. The Hall–Kier alpha value is -1.93. The molecule has 5 nitrogen and oxygen atoms in total. The summed E-state index contributed by atoms with van der Waals surface area (Å²) in [7, 11) is -4.73. The van der Waals surface area contributed by atoms with Crippen LogP contribution in [0.3, 0.4) is 0 Å². The van der Waals surface area contributed by atoms with Crippen molar-refractivity contribution in [3.8, 4) is 0 Å². The lowest BCUT2D eigenvalue weighted by molar-refractivity contribution is 0.0476. The van der Waals surface area contributed by atoms with Gasteiger partial charge >= 0.3 is 5.76 Å². The summed E-state index contributed by atoms with van der Waals surface area (Å²) in [6.07, 6.45) is 1.39. The number of para-hydroxylation sites is 1. The first-order valence-corrected chi connectivity index (χ1v) is 7.91. The molecule has 2 aromatic rings. The second kappa shape index (κ2) is 6.05. The van der Waals surface area contributed by atoms with E-state index in [1.807, 2.05) is 0 Å². The molecule has 0 bridgehead atoms. The third kappa shape index (κ3) is 3.28. The number of hydrogen-bond acceptors (Lipinski definition) is 5. The van der Waals surface area contributed by atoms with Crippen LogP contribution in [0, 0.1) is 0 Å². The molecule has 1 atom stereocenters. The van der Waals surface area contributed by atoms with Crippen molar-refractivity contribution in [3.63, 3.8) is 0 Å². The van der Waals surface area contributed by atoms with E-state index in [1.54, 1.807) is 12.1 Å². The Kier molecular flexibility index (Phi) is 4.52. The number of anilines is 1. The largest absolute Gasteiger partial charge is 0.466 e. The van der Waals surface area contributed by atoms with Gasteiger partial charge in [0, 0.05) is 0 Å². The van der Waals surface area contributed by atoms with Crippen LogP contribution in [-0.4, -0.2) is 25.8 Å². The Labute approximate surface area is 126 Å². The van der Waals surface area contributed by atoms with Gasteiger partial charge in [-0.15, -0.1) is 0 Å². The van der Waals surface area contributed by atoms with Gasteiger partial charge in [-0.3, -0.25) is 0 Å². The second-order valence-corrected chi connectivity index (χ2v) is 6.79. The zero-order valence-corrected chi connectivity index (χ0v) is 12.5. The summed E-state index contributed by atoms with van der Waals surface area (Å²) in [6.45, 7) is 1.35. The zero-order valence-electron chi connectivity index (χ0n) is 11.7. The molecule has 0 saturated carbocycles. The Morgan fingerprint density at radius 2 is 1.95 bits per heavy atom. The Morgan fingerprint density at radius 3 is 2.55 bits per heavy atom. The van der Waals surface area contributed by atoms with Gasteiger partial charge in [-0.25, -0.2) is 8.42 Å². The average molecular weight is 331 g/mol. The second-order valence-electron chi connectivity index (χ2n) is 4.91. The highest BCUT2D eigenvalue weighted by Gasteiger charge is 2.31. The molecule has 0 spiro atoms. The van der Waals surface area contributed by atoms with Crippen LogP contribution in [0.4, 0.5) is 14.5 Å². The number of rotatable bonds is 6. The van der Waals surface area contributed by atoms with E-state index in [0.29, 0.717) is 0 Å². The fraction of sp³-hybridized carbons (Fsp3) is 0.286. The van der Waals surface area contributed by atoms with Crippen LogP contribution < -0.4 is 5.32 Å². The fourth-order valence-corrected chi connectivity index (χ4v) is 2.80. The molecule has 120 valence electrons. The maximum Gasteiger partial charge on any atom is 0.341 e. The first-order chi connectivity index (χ1) is 10.2. The van der Waals surface area contributed by atoms with Gasteiger partial charge in [0.2, 0.25) is 9.84 Å². The van der Waals surface area contributed by atoms with Crippen molar-refractivity contribution in [2.45, 2.75) is 23.2 Å². The predicted octanol–water partition coefficient (Wildman–Crippen LogP) is 2.60. The molecule has 22 heavy (non-hydrogen) atoms. The number of sulfone groups is 1. The van der Waals surface area contributed by atoms with Gasteiger partial charge in [0.25, 0.3) is 0 Å². The third-order valence-electron chi connectivity index (χ3n) is 3.10. The number of furan rings is 1. The van der Waals surface area contributed by atoms with Gasteiger partial charge in [0.15, 0.2) is 0 Å². The molecule has 1 aromatic heterocycles. The summed E-state index contributed by atoms with van der Waals surface area (Å²) < 4.78 is 53.8. The number of benzene rings is 1. The third-order valence-corrected chi connectivity index (χ3v) is 4.54. The Balaban J connectivity index is 2.25. The molecular formula is C14H15F2NO4S. The molecule has 8 heteroatoms. The van der Waals surface area contributed by atoms with Crippen LogP contribution in [0.2, 0.25) is 0 Å². The lowest BCUT2D eigenvalue weighted by atomic mass is 10.0. The standard InChI is InChI=1S/C14H15F2NO4S/c1-14(18,12-7-4-8-21-12)9-17-10-5-2-3-6-11(10)22(19,20)13(15)16/h2-8,13,17-18H,9H2,1H3. The normalized spacial score (nSPS) is 14.8. The Morgan fingerprint density at radius 1 is 1.27 bits per heavy atom. The Bertz CT molecular complexity index is 727. The van der Waals surface area contributed by atoms with E-state index in [4.69, 9.17) is 4.42 Å². The zero-order chi connectivity index (χ0) is 16.4. The molecule has 0 aliphatic rings. The first kappa shape index (κ1) is 16.4. The van der Waals surface area contributed by atoms with Crippen molar-refractivity contribution in [3.05, 3.63) is 48.4 Å². The maximum atomic E-state index is 12.7. The summed E-state index contributed by atoms with van der Waals surface area (Å²) in [5.41, 5.74) is -1.43. The minimum absolute atomic E-state index is 0.00497. The van der Waals surface area contributed by atoms with Crippen molar-refractivity contribution in [1.82, 2.24) is 0 Å². The highest BCUT2D eigenvalue weighted by molar-refractivity contribution is 7.91. The van der Waals surface area contributed by atoms with Gasteiger partial charge in [0.05, 0.1) is 23.4 Å². The van der Waals surface area contributed by atoms with E-state index in [1.165, 1.54) is 31.4 Å². The molecule has 0 amide bonds. The molecule has 0 fully saturated rings. The molecule has 2 N–H and O–H groups in total. The molecule has 2 rings (SSSR count). The van der Waals surface area contributed by atoms with Crippen LogP contribution in [0.1, 0.15) is 12.7 Å². The summed E-state index contributed by atoms with van der Waals surface area (Å²) in [5.74, 6) is -3.24. The summed E-state index contributed by atoms with van der Waals surface area (Å²) in [5, 5.41) is 13.0. The van der Waals surface area contributed by atoms with Gasteiger partial charge in [0.1, 0.15) is 11.4 Å². The molecule has 0 saturated heterocycles. The topological polar surface area (TPSA) is 79.5 Å². The molecule has 1 unspecified atom stereocenters. The fourth-order valence-electron chi connectivity index (χ4n) is 1.90. The summed E-state index contributed by atoms with van der Waals surface area (Å²) in [6, 6.07) is 8.46. The van der Waals surface area contributed by atoms with E-state index in [9.17, 15) is 22.3 Å². The first-order valence-electron chi connectivity index (χ1n) is 6.36. The van der Waals surface area contributed by atoms with Crippen LogP contribution in [0.5, 0.6) is 0 Å². The smallest absolute Gasteiger partial charge is 0.341 e. The molecule has 0 radical (unpaired) electrons. The summed E-state index contributed by atoms with van der Waals surface area (Å²) in [4.78, 5) is -0.514. The van der Waals surface area contributed by atoms with Crippen LogP contribution in [-0.2, 0) is 15.4 Å². The molecule has 0 aliphatic carbocycles. The number of alkyl halides is 2. The van der Waals surface area contributed by atoms with Crippen molar-refractivity contribution in [1.29, 1.82) is 0 Å². The van der Waals surface area contributed by atoms with Crippen molar-refractivity contribution < 1.29 is 26.7 Å². The number of nitrogens with one attached hydrogen (secondary N) is 1. The van der Waals surface area contributed by atoms with Gasteiger partial charge in [-0.2, -0.15) is 8.78 Å². The minimum Gasteiger partial charge on any atom is -0.466 e. The lowest BCUT2D eigenvalue weighted by Crippen LogP contribution is -2.30. The number of aliphatic hydroxyl groups is 1. The monoisotopic (exact) mass is 331 g/mol. The van der Waals surface area contributed by atoms with Crippen molar-refractivity contribution >= 4 is 15.5 Å². The SMILES string of the molecule is CC(O)(CNc1ccccc1S(=O)(=O)C(F)F)c1ccco1. The quantitative estimate of drug-likeness (QED) is 0.850. The van der Waals surface area contributed by atoms with Crippen molar-refractivity contribution in [2.24, 2.45) is 0 Å². The van der Waals surface area contributed by atoms with E-state index in [2.05, 4.69) is 5.32 Å². The van der Waals surface area contributed by atoms with E-state index in [-0.39, 0.29) is 18.0 Å². The molecular weight excluding hydrogens is 316 g/mol. The summed E-state index contributed by atoms with van der Waals surface area (Å²) >= 11 is 0. The number of hydrogen-bond donors (Lipinski definition) is 2. The van der Waals surface area contributed by atoms with Crippen LogP contribution in [0.15, 0.2) is 52.0 Å². The highest BCUT2D eigenvalue weighted by atomic mass is 32.2. The van der Waals surface area contributed by atoms with Crippen LogP contribution in [0.25, 0.3) is 0 Å². The van der Waals surface area contributed by atoms with E-state index < -0.39 is 26.1 Å².